The molecule has 5 heteroatoms. The molecular formula is C14H21N3O2. The van der Waals surface area contributed by atoms with Gasteiger partial charge in [0.05, 0.1) is 5.69 Å². The van der Waals surface area contributed by atoms with E-state index in [0.717, 1.165) is 36.8 Å². The second-order valence-electron chi connectivity index (χ2n) is 4.67. The van der Waals surface area contributed by atoms with Gasteiger partial charge < -0.3 is 19.9 Å². The minimum Gasteiger partial charge on any atom is -0.482 e. The van der Waals surface area contributed by atoms with Crippen molar-refractivity contribution in [2.45, 2.75) is 6.92 Å². The van der Waals surface area contributed by atoms with E-state index in [-0.39, 0.29) is 12.5 Å². The maximum Gasteiger partial charge on any atom is 0.264 e. The molecule has 1 N–H and O–H groups in total. The van der Waals surface area contributed by atoms with Gasteiger partial charge in [0.1, 0.15) is 5.75 Å². The molecule has 0 saturated heterocycles. The first-order chi connectivity index (χ1) is 9.13. The SMILES string of the molecule is CCNCCN(C)c1ccc2c(c1)N(C)C(=O)CO2. The normalized spacial score (nSPS) is 14.1. The van der Waals surface area contributed by atoms with Crippen LogP contribution in [0.4, 0.5) is 11.4 Å². The van der Waals surface area contributed by atoms with Gasteiger partial charge in [0.25, 0.3) is 5.91 Å². The van der Waals surface area contributed by atoms with Crippen molar-refractivity contribution in [3.8, 4) is 5.75 Å². The fourth-order valence-corrected chi connectivity index (χ4v) is 2.05. The van der Waals surface area contributed by atoms with E-state index in [4.69, 9.17) is 4.74 Å². The largest absolute Gasteiger partial charge is 0.482 e. The Hall–Kier alpha value is -1.75. The molecule has 1 aliphatic heterocycles. The minimum absolute atomic E-state index is 0.0139. The van der Waals surface area contributed by atoms with Crippen LogP contribution < -0.4 is 19.9 Å². The second kappa shape index (κ2) is 5.93. The lowest BCUT2D eigenvalue weighted by molar-refractivity contribution is -0.120. The molecule has 0 bridgehead atoms. The van der Waals surface area contributed by atoms with Crippen LogP contribution in [0.2, 0.25) is 0 Å². The quantitative estimate of drug-likeness (QED) is 0.808. The average molecular weight is 263 g/mol. The van der Waals surface area contributed by atoms with Crippen LogP contribution in [0.1, 0.15) is 6.92 Å². The number of nitrogens with zero attached hydrogens (tertiary/aromatic N) is 2. The highest BCUT2D eigenvalue weighted by Crippen LogP contribution is 2.34. The lowest BCUT2D eigenvalue weighted by Crippen LogP contribution is -2.35. The van der Waals surface area contributed by atoms with Crippen molar-refractivity contribution in [2.24, 2.45) is 0 Å². The number of amides is 1. The monoisotopic (exact) mass is 263 g/mol. The molecule has 0 aliphatic carbocycles. The summed E-state index contributed by atoms with van der Waals surface area (Å²) in [6, 6.07) is 5.95. The first kappa shape index (κ1) is 13.7. The molecule has 1 amide bonds. The van der Waals surface area contributed by atoms with E-state index < -0.39 is 0 Å². The zero-order valence-electron chi connectivity index (χ0n) is 11.8. The van der Waals surface area contributed by atoms with E-state index in [1.807, 2.05) is 25.2 Å². The summed E-state index contributed by atoms with van der Waals surface area (Å²) in [5, 5.41) is 3.30. The Morgan fingerprint density at radius 2 is 2.26 bits per heavy atom. The molecule has 1 aromatic carbocycles. The van der Waals surface area contributed by atoms with Gasteiger partial charge in [0, 0.05) is 32.9 Å². The van der Waals surface area contributed by atoms with Gasteiger partial charge in [0.2, 0.25) is 0 Å². The maximum absolute atomic E-state index is 11.6. The van der Waals surface area contributed by atoms with Crippen molar-refractivity contribution in [1.82, 2.24) is 5.32 Å². The summed E-state index contributed by atoms with van der Waals surface area (Å²) in [7, 11) is 3.83. The molecule has 2 rings (SSSR count). The average Bonchev–Trinajstić information content (AvgIpc) is 2.43. The molecule has 19 heavy (non-hydrogen) atoms. The van der Waals surface area contributed by atoms with Crippen LogP contribution in [-0.4, -0.2) is 46.2 Å². The molecule has 0 spiro atoms. The number of anilines is 2. The first-order valence-electron chi connectivity index (χ1n) is 6.58. The Kier molecular flexibility index (Phi) is 4.27. The minimum atomic E-state index is -0.0139. The van der Waals surface area contributed by atoms with E-state index in [9.17, 15) is 4.79 Å². The fourth-order valence-electron chi connectivity index (χ4n) is 2.05. The van der Waals surface area contributed by atoms with E-state index in [2.05, 4.69) is 17.1 Å². The van der Waals surface area contributed by atoms with Crippen LogP contribution in [0.25, 0.3) is 0 Å². The number of hydrogen-bond acceptors (Lipinski definition) is 4. The Bertz CT molecular complexity index is 462. The highest BCUT2D eigenvalue weighted by Gasteiger charge is 2.22. The number of fused-ring (bicyclic) bond motifs is 1. The molecular weight excluding hydrogens is 242 g/mol. The predicted octanol–water partition coefficient (Wildman–Crippen LogP) is 1.09. The zero-order valence-corrected chi connectivity index (χ0v) is 11.8. The van der Waals surface area contributed by atoms with Crippen molar-refractivity contribution in [1.29, 1.82) is 0 Å². The van der Waals surface area contributed by atoms with Gasteiger partial charge in [-0.05, 0) is 24.7 Å². The third-order valence-corrected chi connectivity index (χ3v) is 3.34. The summed E-state index contributed by atoms with van der Waals surface area (Å²) >= 11 is 0. The highest BCUT2D eigenvalue weighted by atomic mass is 16.5. The smallest absolute Gasteiger partial charge is 0.264 e. The number of hydrogen-bond donors (Lipinski definition) is 1. The molecule has 104 valence electrons. The number of nitrogens with one attached hydrogen (secondary N) is 1. The Balaban J connectivity index is 2.13. The molecule has 0 saturated carbocycles. The lowest BCUT2D eigenvalue weighted by Gasteiger charge is -2.28. The summed E-state index contributed by atoms with van der Waals surface area (Å²) in [5.41, 5.74) is 1.92. The highest BCUT2D eigenvalue weighted by molar-refractivity contribution is 5.97. The summed E-state index contributed by atoms with van der Waals surface area (Å²) in [6.07, 6.45) is 0. The fraction of sp³-hybridized carbons (Fsp3) is 0.500. The summed E-state index contributed by atoms with van der Waals surface area (Å²) in [4.78, 5) is 15.4. The van der Waals surface area contributed by atoms with Crippen LogP contribution >= 0.6 is 0 Å². The second-order valence-corrected chi connectivity index (χ2v) is 4.67. The molecule has 0 aromatic heterocycles. The summed E-state index contributed by atoms with van der Waals surface area (Å²) in [6.45, 7) is 5.06. The van der Waals surface area contributed by atoms with Gasteiger partial charge in [-0.25, -0.2) is 0 Å². The van der Waals surface area contributed by atoms with Crippen molar-refractivity contribution >= 4 is 17.3 Å². The molecule has 0 unspecified atom stereocenters. The topological polar surface area (TPSA) is 44.8 Å². The third-order valence-electron chi connectivity index (χ3n) is 3.34. The van der Waals surface area contributed by atoms with Crippen molar-refractivity contribution < 1.29 is 9.53 Å². The Morgan fingerprint density at radius 1 is 1.47 bits per heavy atom. The van der Waals surface area contributed by atoms with E-state index >= 15 is 0 Å². The lowest BCUT2D eigenvalue weighted by atomic mass is 10.2. The molecule has 1 heterocycles. The van der Waals surface area contributed by atoms with E-state index in [1.165, 1.54) is 0 Å². The zero-order chi connectivity index (χ0) is 13.8. The molecule has 1 aromatic rings. The predicted molar refractivity (Wildman–Crippen MR) is 77.2 cm³/mol. The van der Waals surface area contributed by atoms with E-state index in [0.29, 0.717) is 0 Å². The first-order valence-corrected chi connectivity index (χ1v) is 6.58. The van der Waals surface area contributed by atoms with Crippen LogP contribution in [0.3, 0.4) is 0 Å². The van der Waals surface area contributed by atoms with Crippen LogP contribution in [0.15, 0.2) is 18.2 Å². The number of ether oxygens (including phenoxy) is 1. The number of benzene rings is 1. The van der Waals surface area contributed by atoms with Gasteiger partial charge in [0.15, 0.2) is 6.61 Å². The number of carbonyl (C=O) groups is 1. The molecule has 5 nitrogen and oxygen atoms in total. The molecule has 1 aliphatic rings. The van der Waals surface area contributed by atoms with Crippen molar-refractivity contribution in [2.75, 3.05) is 50.1 Å². The number of carbonyl (C=O) groups excluding carboxylic acids is 1. The van der Waals surface area contributed by atoms with Gasteiger partial charge in [-0.15, -0.1) is 0 Å². The molecule has 0 atom stereocenters. The van der Waals surface area contributed by atoms with Crippen LogP contribution in [0, 0.1) is 0 Å². The maximum atomic E-state index is 11.6. The molecule has 0 fully saturated rings. The van der Waals surface area contributed by atoms with Gasteiger partial charge in [-0.2, -0.15) is 0 Å². The van der Waals surface area contributed by atoms with Gasteiger partial charge in [-0.1, -0.05) is 6.92 Å². The Labute approximate surface area is 114 Å². The van der Waals surface area contributed by atoms with Crippen LogP contribution in [-0.2, 0) is 4.79 Å². The summed E-state index contributed by atoms with van der Waals surface area (Å²) in [5.74, 6) is 0.755. The van der Waals surface area contributed by atoms with Crippen LogP contribution in [0.5, 0.6) is 5.75 Å². The van der Waals surface area contributed by atoms with Gasteiger partial charge in [-0.3, -0.25) is 4.79 Å². The third kappa shape index (κ3) is 2.98. The van der Waals surface area contributed by atoms with Crippen molar-refractivity contribution in [3.05, 3.63) is 18.2 Å². The number of rotatable bonds is 5. The van der Waals surface area contributed by atoms with Crippen molar-refractivity contribution in [3.63, 3.8) is 0 Å². The standard InChI is InChI=1S/C14H21N3O2/c1-4-15-7-8-16(2)11-5-6-13-12(9-11)17(3)14(18)10-19-13/h5-6,9,15H,4,7-8,10H2,1-3H3. The van der Waals surface area contributed by atoms with Gasteiger partial charge >= 0.3 is 0 Å². The van der Waals surface area contributed by atoms with E-state index in [1.54, 1.807) is 11.9 Å². The molecule has 0 radical (unpaired) electrons. The summed E-state index contributed by atoms with van der Waals surface area (Å²) < 4.78 is 5.42. The number of likely N-dealkylation sites (N-methyl/N-ethyl adjacent to an activating group) is 3. The Morgan fingerprint density at radius 3 is 3.00 bits per heavy atom.